The first-order valence-corrected chi connectivity index (χ1v) is 8.77. The van der Waals surface area contributed by atoms with E-state index >= 15 is 0 Å². The predicted octanol–water partition coefficient (Wildman–Crippen LogP) is 5.11. The van der Waals surface area contributed by atoms with Crippen molar-refractivity contribution in [3.05, 3.63) is 82.6 Å². The summed E-state index contributed by atoms with van der Waals surface area (Å²) >= 11 is 5.75. The fourth-order valence-electron chi connectivity index (χ4n) is 2.93. The number of nitrogens with one attached hydrogen (secondary N) is 1. The lowest BCUT2D eigenvalue weighted by molar-refractivity contribution is 0.0990. The number of ether oxygens (including phenoxy) is 1. The van der Waals surface area contributed by atoms with Crippen molar-refractivity contribution in [2.24, 2.45) is 0 Å². The van der Waals surface area contributed by atoms with E-state index in [4.69, 9.17) is 16.3 Å². The van der Waals surface area contributed by atoms with Crippen LogP contribution in [0, 0.1) is 5.82 Å². The van der Waals surface area contributed by atoms with Crippen molar-refractivity contribution in [2.75, 3.05) is 17.3 Å². The van der Waals surface area contributed by atoms with Crippen LogP contribution in [0.3, 0.4) is 0 Å². The molecule has 0 unspecified atom stereocenters. The number of fused-ring (bicyclic) bond motifs is 2. The van der Waals surface area contributed by atoms with Crippen LogP contribution in [-0.2, 0) is 0 Å². The minimum atomic E-state index is -0.568. The predicted molar refractivity (Wildman–Crippen MR) is 105 cm³/mol. The third-order valence-electron chi connectivity index (χ3n) is 4.40. The molecule has 1 aliphatic heterocycles. The molecule has 0 bridgehead atoms. The third-order valence-corrected chi connectivity index (χ3v) is 4.69. The minimum absolute atomic E-state index is 0.0868. The summed E-state index contributed by atoms with van der Waals surface area (Å²) in [4.78, 5) is 26.8. The van der Waals surface area contributed by atoms with Gasteiger partial charge in [-0.3, -0.25) is 9.59 Å². The molecule has 1 N–H and O–H groups in total. The molecule has 0 fully saturated rings. The first-order valence-electron chi connectivity index (χ1n) is 8.39. The smallest absolute Gasteiger partial charge is 0.261 e. The summed E-state index contributed by atoms with van der Waals surface area (Å²) in [6.45, 7) is 0. The summed E-state index contributed by atoms with van der Waals surface area (Å²) in [7, 11) is 1.62. The van der Waals surface area contributed by atoms with Crippen molar-refractivity contribution >= 4 is 34.8 Å². The maximum atomic E-state index is 13.3. The summed E-state index contributed by atoms with van der Waals surface area (Å²) in [5.41, 5.74) is 1.58. The first-order chi connectivity index (χ1) is 13.4. The van der Waals surface area contributed by atoms with Crippen LogP contribution in [0.15, 0.2) is 60.7 Å². The van der Waals surface area contributed by atoms with Crippen LogP contribution in [-0.4, -0.2) is 18.9 Å². The Hall–Kier alpha value is -3.38. The van der Waals surface area contributed by atoms with Crippen molar-refractivity contribution in [3.63, 3.8) is 0 Å². The molecule has 0 saturated heterocycles. The van der Waals surface area contributed by atoms with Crippen molar-refractivity contribution in [1.82, 2.24) is 0 Å². The van der Waals surface area contributed by atoms with Gasteiger partial charge >= 0.3 is 0 Å². The highest BCUT2D eigenvalue weighted by Gasteiger charge is 2.26. The van der Waals surface area contributed by atoms with Crippen molar-refractivity contribution in [3.8, 4) is 11.5 Å². The second-order valence-electron chi connectivity index (χ2n) is 6.23. The second-order valence-corrected chi connectivity index (χ2v) is 6.64. The third kappa shape index (κ3) is 3.18. The van der Waals surface area contributed by atoms with Crippen LogP contribution in [0.1, 0.15) is 20.7 Å². The zero-order valence-corrected chi connectivity index (χ0v) is 15.5. The molecule has 0 aromatic heterocycles. The number of anilines is 2. The number of carbonyl (C=O) groups excluding carboxylic acids is 2. The van der Waals surface area contributed by atoms with E-state index in [2.05, 4.69) is 5.32 Å². The Kier molecular flexibility index (Phi) is 4.49. The van der Waals surface area contributed by atoms with Gasteiger partial charge in [-0.2, -0.15) is 0 Å². The Morgan fingerprint density at radius 3 is 2.64 bits per heavy atom. The highest BCUT2D eigenvalue weighted by atomic mass is 35.5. The molecule has 3 aromatic rings. The zero-order chi connectivity index (χ0) is 19.8. The quantitative estimate of drug-likeness (QED) is 0.654. The molecule has 0 aliphatic carbocycles. The Morgan fingerprint density at radius 2 is 1.86 bits per heavy atom. The van der Waals surface area contributed by atoms with Gasteiger partial charge in [-0.1, -0.05) is 23.7 Å². The monoisotopic (exact) mass is 396 g/mol. The van der Waals surface area contributed by atoms with Crippen LogP contribution in [0.2, 0.25) is 5.02 Å². The van der Waals surface area contributed by atoms with Crippen LogP contribution in [0.4, 0.5) is 15.8 Å². The summed E-state index contributed by atoms with van der Waals surface area (Å²) in [5, 5.41) is 2.57. The van der Waals surface area contributed by atoms with Gasteiger partial charge in [0.15, 0.2) is 5.75 Å². The molecule has 1 heterocycles. The first kappa shape index (κ1) is 18.0. The maximum absolute atomic E-state index is 13.3. The van der Waals surface area contributed by atoms with Gasteiger partial charge in [0.05, 0.1) is 16.3 Å². The number of carbonyl (C=O) groups is 2. The van der Waals surface area contributed by atoms with E-state index in [1.165, 1.54) is 23.1 Å². The summed E-state index contributed by atoms with van der Waals surface area (Å²) in [5.74, 6) is -0.315. The molecule has 3 aromatic carbocycles. The van der Waals surface area contributed by atoms with Crippen molar-refractivity contribution < 1.29 is 18.7 Å². The van der Waals surface area contributed by atoms with Gasteiger partial charge in [0.1, 0.15) is 11.6 Å². The topological polar surface area (TPSA) is 58.6 Å². The molecule has 1 aliphatic rings. The maximum Gasteiger partial charge on any atom is 0.261 e. The number of amides is 2. The van der Waals surface area contributed by atoms with E-state index in [1.54, 1.807) is 49.5 Å². The molecule has 140 valence electrons. The van der Waals surface area contributed by atoms with Gasteiger partial charge in [-0.15, -0.1) is 0 Å². The minimum Gasteiger partial charge on any atom is -0.454 e. The van der Waals surface area contributed by atoms with Gasteiger partial charge in [-0.05, 0) is 48.5 Å². The van der Waals surface area contributed by atoms with E-state index in [0.29, 0.717) is 34.0 Å². The van der Waals surface area contributed by atoms with Crippen LogP contribution >= 0.6 is 11.6 Å². The second kappa shape index (κ2) is 6.98. The Labute approximate surface area is 165 Å². The molecule has 0 saturated carbocycles. The van der Waals surface area contributed by atoms with Crippen molar-refractivity contribution in [2.45, 2.75) is 0 Å². The number of para-hydroxylation sites is 1. The molecule has 28 heavy (non-hydrogen) atoms. The Balaban J connectivity index is 1.66. The Morgan fingerprint density at radius 1 is 1.07 bits per heavy atom. The highest BCUT2D eigenvalue weighted by Crippen LogP contribution is 2.38. The molecule has 0 spiro atoms. The number of halogens is 2. The average molecular weight is 397 g/mol. The summed E-state index contributed by atoms with van der Waals surface area (Å²) in [6, 6.07) is 15.7. The summed E-state index contributed by atoms with van der Waals surface area (Å²) < 4.78 is 19.2. The molecule has 2 amide bonds. The average Bonchev–Trinajstić information content (AvgIpc) is 2.80. The van der Waals surface area contributed by atoms with Crippen LogP contribution < -0.4 is 15.0 Å². The normalized spacial score (nSPS) is 12.5. The zero-order valence-electron chi connectivity index (χ0n) is 14.7. The molecule has 0 atom stereocenters. The fraction of sp³-hybridized carbons (Fsp3) is 0.0476. The summed E-state index contributed by atoms with van der Waals surface area (Å²) in [6.07, 6.45) is 0. The van der Waals surface area contributed by atoms with E-state index in [0.717, 1.165) is 0 Å². The van der Waals surface area contributed by atoms with Gasteiger partial charge in [-0.25, -0.2) is 4.39 Å². The molecular weight excluding hydrogens is 383 g/mol. The van der Waals surface area contributed by atoms with E-state index in [-0.39, 0.29) is 10.9 Å². The lowest BCUT2D eigenvalue weighted by Crippen LogP contribution is -2.25. The van der Waals surface area contributed by atoms with E-state index < -0.39 is 11.7 Å². The number of nitrogens with zero attached hydrogens (tertiary/aromatic N) is 1. The number of hydrogen-bond acceptors (Lipinski definition) is 3. The fourth-order valence-corrected chi connectivity index (χ4v) is 3.11. The van der Waals surface area contributed by atoms with Gasteiger partial charge < -0.3 is 15.0 Å². The molecule has 5 nitrogen and oxygen atoms in total. The highest BCUT2D eigenvalue weighted by molar-refractivity contribution is 6.31. The SMILES string of the molecule is CN1C(=O)c2ccccc2Oc2ccc(C(=O)Nc3ccc(F)c(Cl)c3)cc21. The van der Waals surface area contributed by atoms with Gasteiger partial charge in [0, 0.05) is 18.3 Å². The van der Waals surface area contributed by atoms with Gasteiger partial charge in [0.25, 0.3) is 11.8 Å². The molecule has 7 heteroatoms. The standard InChI is InChI=1S/C21H14ClFN2O3/c1-25-17-10-12(20(26)24-13-7-8-16(23)15(22)11-13)6-9-19(17)28-18-5-3-2-4-14(18)21(25)27/h2-11H,1H3,(H,24,26). The van der Waals surface area contributed by atoms with Crippen LogP contribution in [0.25, 0.3) is 0 Å². The number of hydrogen-bond donors (Lipinski definition) is 1. The Bertz CT molecular complexity index is 1120. The lowest BCUT2D eigenvalue weighted by atomic mass is 10.1. The largest absolute Gasteiger partial charge is 0.454 e. The van der Waals surface area contributed by atoms with Crippen LogP contribution in [0.5, 0.6) is 11.5 Å². The molecule has 4 rings (SSSR count). The number of benzene rings is 3. The number of rotatable bonds is 2. The molecular formula is C21H14ClFN2O3. The van der Waals surface area contributed by atoms with E-state index in [1.807, 2.05) is 0 Å². The van der Waals surface area contributed by atoms with E-state index in [9.17, 15) is 14.0 Å². The van der Waals surface area contributed by atoms with Crippen molar-refractivity contribution in [1.29, 1.82) is 0 Å². The van der Waals surface area contributed by atoms with Gasteiger partial charge in [0.2, 0.25) is 0 Å². The lowest BCUT2D eigenvalue weighted by Gasteiger charge is -2.17. The molecule has 0 radical (unpaired) electrons.